The number of fused-ring (bicyclic) bond motifs is 4. The van der Waals surface area contributed by atoms with Gasteiger partial charge in [-0.3, -0.25) is 4.98 Å². The van der Waals surface area contributed by atoms with Gasteiger partial charge in [-0.15, -0.1) is 0 Å². The normalized spacial score (nSPS) is 11.5. The summed E-state index contributed by atoms with van der Waals surface area (Å²) in [6.45, 7) is 8.52. The van der Waals surface area contributed by atoms with Crippen molar-refractivity contribution in [3.05, 3.63) is 181 Å². The Hall–Kier alpha value is -5.99. The van der Waals surface area contributed by atoms with Crippen LogP contribution in [0, 0.1) is 32.0 Å². The molecule has 10 rings (SSSR count). The van der Waals surface area contributed by atoms with Crippen LogP contribution in [0.25, 0.3) is 83.7 Å². The van der Waals surface area contributed by atoms with Crippen molar-refractivity contribution < 1.29 is 24.5 Å². The van der Waals surface area contributed by atoms with Crippen molar-refractivity contribution in [1.82, 2.24) is 24.5 Å². The molecule has 5 heterocycles. The molecule has 6 nitrogen and oxygen atoms in total. The number of imidazole rings is 1. The Kier molecular flexibility index (Phi) is 12.7. The summed E-state index contributed by atoms with van der Waals surface area (Å²) in [7, 11) is 0. The standard InChI is InChI=1S/C37H25N4O.C18H24GeN.Ir/c1-23-20-21-29-33-24(2)38-22-30(35(33)42-37(29)39-23)36-40-31-18-9-10-19-32(31)41(36)34-27(25-12-5-3-6-13-25)16-11-17-28(34)26-14-7-4-8-15-26;1-14(2)11-16-12-18(15-9-7-6-8-10-15)20-13-17(16)19(3,4)5;/h3-21H,1-2H3;6-9,12-14H,11H2,1-5H3;/q2*-1;. The van der Waals surface area contributed by atoms with E-state index >= 15 is 0 Å². The Morgan fingerprint density at radius 2 is 1.40 bits per heavy atom. The third-order valence-electron chi connectivity index (χ3n) is 11.2. The molecule has 315 valence electrons. The van der Waals surface area contributed by atoms with E-state index in [2.05, 4.69) is 156 Å². The van der Waals surface area contributed by atoms with Crippen molar-refractivity contribution in [2.24, 2.45) is 5.92 Å². The number of rotatable bonds is 8. The maximum Gasteiger partial charge on any atom is 0.216 e. The first-order chi connectivity index (χ1) is 30.0. The van der Waals surface area contributed by atoms with Gasteiger partial charge in [-0.05, 0) is 65.2 Å². The minimum absolute atomic E-state index is 0. The van der Waals surface area contributed by atoms with E-state index in [4.69, 9.17) is 19.4 Å². The zero-order valence-corrected chi connectivity index (χ0v) is 41.2. The molecule has 0 N–H and O–H groups in total. The number of furan rings is 1. The van der Waals surface area contributed by atoms with Gasteiger partial charge in [-0.2, -0.15) is 0 Å². The molecule has 0 atom stereocenters. The van der Waals surface area contributed by atoms with Gasteiger partial charge in [0, 0.05) is 42.3 Å². The van der Waals surface area contributed by atoms with Crippen molar-refractivity contribution in [3.8, 4) is 50.6 Å². The first-order valence-electron chi connectivity index (χ1n) is 21.3. The molecule has 0 aliphatic heterocycles. The van der Waals surface area contributed by atoms with Gasteiger partial charge >= 0.3 is 126 Å². The Labute approximate surface area is 386 Å². The van der Waals surface area contributed by atoms with Crippen LogP contribution < -0.4 is 4.40 Å². The topological polar surface area (TPSA) is 69.6 Å². The van der Waals surface area contributed by atoms with Crippen LogP contribution in [0.15, 0.2) is 156 Å². The molecule has 0 amide bonds. The number of para-hydroxylation sites is 3. The van der Waals surface area contributed by atoms with Crippen LogP contribution in [-0.2, 0) is 26.5 Å². The first kappa shape index (κ1) is 43.7. The van der Waals surface area contributed by atoms with Crippen LogP contribution in [0.2, 0.25) is 17.3 Å². The van der Waals surface area contributed by atoms with Crippen LogP contribution in [0.1, 0.15) is 30.8 Å². The molecule has 5 aromatic heterocycles. The molecule has 0 fully saturated rings. The summed E-state index contributed by atoms with van der Waals surface area (Å²) in [5.74, 6) is 8.71. The molecule has 1 radical (unpaired) electrons. The first-order valence-corrected chi connectivity index (χ1v) is 28.7. The fourth-order valence-corrected chi connectivity index (χ4v) is 11.7. The minimum Gasteiger partial charge on any atom is -0.486 e. The van der Waals surface area contributed by atoms with Crippen molar-refractivity contribution in [1.29, 1.82) is 0 Å². The molecule has 10 aromatic rings. The molecular formula is C55H49GeIrN5O-2. The predicted octanol–water partition coefficient (Wildman–Crippen LogP) is 13.4. The zero-order valence-electron chi connectivity index (χ0n) is 36.7. The fourth-order valence-electron chi connectivity index (χ4n) is 8.39. The summed E-state index contributed by atoms with van der Waals surface area (Å²) in [5.41, 5.74) is 14.7. The monoisotopic (exact) mass is 1060 g/mol. The van der Waals surface area contributed by atoms with E-state index in [0.29, 0.717) is 28.6 Å². The molecular weight excluding hydrogens is 1010 g/mol. The number of benzene rings is 5. The van der Waals surface area contributed by atoms with Crippen LogP contribution in [-0.4, -0.2) is 37.8 Å². The van der Waals surface area contributed by atoms with E-state index in [9.17, 15) is 0 Å². The number of hydrogen-bond acceptors (Lipinski definition) is 5. The summed E-state index contributed by atoms with van der Waals surface area (Å²) in [5, 5.41) is 1.87. The Bertz CT molecular complexity index is 3130. The third kappa shape index (κ3) is 8.83. The molecule has 0 unspecified atom stereocenters. The number of hydrogen-bond donors (Lipinski definition) is 0. The maximum absolute atomic E-state index is 6.48. The van der Waals surface area contributed by atoms with Crippen LogP contribution in [0.4, 0.5) is 0 Å². The van der Waals surface area contributed by atoms with E-state index < -0.39 is 13.3 Å². The van der Waals surface area contributed by atoms with Crippen molar-refractivity contribution in [2.75, 3.05) is 0 Å². The fraction of sp³-hybridized carbons (Fsp3) is 0.164. The van der Waals surface area contributed by atoms with Crippen LogP contribution in [0.3, 0.4) is 0 Å². The Morgan fingerprint density at radius 1 is 0.730 bits per heavy atom. The molecule has 63 heavy (non-hydrogen) atoms. The van der Waals surface area contributed by atoms with Gasteiger partial charge in [-0.25, -0.2) is 4.98 Å². The number of aromatic nitrogens is 5. The molecule has 0 saturated heterocycles. The van der Waals surface area contributed by atoms with E-state index in [1.807, 2.05) is 62.4 Å². The number of nitrogens with zero attached hydrogens (tertiary/aromatic N) is 5. The molecule has 0 aliphatic rings. The number of aryl methyl sites for hydroxylation is 2. The van der Waals surface area contributed by atoms with Gasteiger partial charge in [0.15, 0.2) is 0 Å². The maximum atomic E-state index is 6.48. The average molecular weight is 1060 g/mol. The smallest absolute Gasteiger partial charge is 0.216 e. The summed E-state index contributed by atoms with van der Waals surface area (Å²) in [6, 6.07) is 53.4. The Balaban J connectivity index is 0.000000219. The molecule has 5 aromatic carbocycles. The summed E-state index contributed by atoms with van der Waals surface area (Å²) < 4.78 is 10.3. The predicted molar refractivity (Wildman–Crippen MR) is 259 cm³/mol. The van der Waals surface area contributed by atoms with Gasteiger partial charge < -0.3 is 14.0 Å². The van der Waals surface area contributed by atoms with E-state index in [0.717, 1.165) is 78.8 Å². The van der Waals surface area contributed by atoms with E-state index in [1.165, 1.54) is 5.56 Å². The minimum atomic E-state index is -1.86. The van der Waals surface area contributed by atoms with Crippen LogP contribution in [0.5, 0.6) is 0 Å². The molecule has 8 heteroatoms. The summed E-state index contributed by atoms with van der Waals surface area (Å²) >= 11 is -1.86. The van der Waals surface area contributed by atoms with Gasteiger partial charge in [-0.1, -0.05) is 97.9 Å². The van der Waals surface area contributed by atoms with Crippen molar-refractivity contribution in [2.45, 2.75) is 51.4 Å². The number of pyridine rings is 3. The van der Waals surface area contributed by atoms with Crippen molar-refractivity contribution in [3.63, 3.8) is 0 Å². The zero-order chi connectivity index (χ0) is 43.0. The summed E-state index contributed by atoms with van der Waals surface area (Å²) in [4.78, 5) is 19.3. The van der Waals surface area contributed by atoms with E-state index in [1.54, 1.807) is 4.40 Å². The SMILES string of the molecule is CC(C)Cc1cc(-c2[c-]cccc2)nc[c]1[Ge]([CH3])([CH3])[CH3].Cc1ccc2c(n1)oc1c(-c3nc4ccccc4n3-c3c(-c4ccccc4)cccc3-c3ccccc3)[c-]nc(C)c12.[Ir]. The second-order valence-electron chi connectivity index (χ2n) is 17.3. The quantitative estimate of drug-likeness (QED) is 0.112. The average Bonchev–Trinajstić information content (AvgIpc) is 3.86. The molecule has 0 saturated carbocycles. The van der Waals surface area contributed by atoms with Crippen LogP contribution >= 0.6 is 0 Å². The van der Waals surface area contributed by atoms with Gasteiger partial charge in [0.05, 0.1) is 28.1 Å². The second kappa shape index (κ2) is 18.4. The molecule has 0 aliphatic carbocycles. The van der Waals surface area contributed by atoms with Gasteiger partial charge in [0.1, 0.15) is 0 Å². The molecule has 0 spiro atoms. The van der Waals surface area contributed by atoms with Crippen molar-refractivity contribution >= 4 is 50.8 Å². The Morgan fingerprint density at radius 3 is 2.05 bits per heavy atom. The second-order valence-corrected chi connectivity index (χ2v) is 27.9. The van der Waals surface area contributed by atoms with Gasteiger partial charge in [0.25, 0.3) is 0 Å². The third-order valence-corrected chi connectivity index (χ3v) is 15.6. The largest absolute Gasteiger partial charge is 0.486 e. The van der Waals surface area contributed by atoms with E-state index in [-0.39, 0.29) is 20.1 Å². The summed E-state index contributed by atoms with van der Waals surface area (Å²) in [6.07, 6.45) is 6.58. The van der Waals surface area contributed by atoms with Gasteiger partial charge in [0.2, 0.25) is 5.71 Å². The molecule has 0 bridgehead atoms.